The number of hydrogen-bond donors (Lipinski definition) is 1. The Morgan fingerprint density at radius 1 is 1.50 bits per heavy atom. The minimum Gasteiger partial charge on any atom is -0.369 e. The number of nitrogens with two attached hydrogens (primary N) is 1. The van der Waals surface area contributed by atoms with Gasteiger partial charge in [-0.2, -0.15) is 0 Å². The molecule has 1 aliphatic rings. The van der Waals surface area contributed by atoms with Crippen LogP contribution in [0.1, 0.15) is 38.6 Å². The zero-order chi connectivity index (χ0) is 12.7. The van der Waals surface area contributed by atoms with E-state index in [4.69, 9.17) is 17.3 Å². The molecule has 0 radical (unpaired) electrons. The van der Waals surface area contributed by atoms with E-state index < -0.39 is 0 Å². The van der Waals surface area contributed by atoms with Crippen molar-refractivity contribution in [1.82, 2.24) is 9.55 Å². The Balaban J connectivity index is 2.10. The maximum Gasteiger partial charge on any atom is 0.201 e. The first kappa shape index (κ1) is 11.8. The van der Waals surface area contributed by atoms with Crippen molar-refractivity contribution in [2.24, 2.45) is 5.92 Å². The summed E-state index contributed by atoms with van der Waals surface area (Å²) >= 11 is 6.31. The summed E-state index contributed by atoms with van der Waals surface area (Å²) in [5.41, 5.74) is 7.98. The zero-order valence-electron chi connectivity index (χ0n) is 10.6. The lowest BCUT2D eigenvalue weighted by atomic mass is 10.1. The topological polar surface area (TPSA) is 43.8 Å². The highest BCUT2D eigenvalue weighted by Crippen LogP contribution is 2.40. The van der Waals surface area contributed by atoms with Crippen LogP contribution in [0.5, 0.6) is 0 Å². The number of anilines is 1. The fourth-order valence-electron chi connectivity index (χ4n) is 2.69. The molecule has 1 aliphatic carbocycles. The number of nitrogen functional groups attached to an aromatic ring is 1. The molecular formula is C14H18ClN3. The molecule has 3 nitrogen and oxygen atoms in total. The molecule has 1 fully saturated rings. The molecule has 0 bridgehead atoms. The third kappa shape index (κ3) is 1.97. The number of rotatable bonds is 4. The van der Waals surface area contributed by atoms with Gasteiger partial charge in [0.1, 0.15) is 0 Å². The molecular weight excluding hydrogens is 246 g/mol. The highest BCUT2D eigenvalue weighted by molar-refractivity contribution is 6.35. The highest BCUT2D eigenvalue weighted by atomic mass is 35.5. The molecule has 0 spiro atoms. The van der Waals surface area contributed by atoms with E-state index in [0.29, 0.717) is 12.0 Å². The number of hydrogen-bond acceptors (Lipinski definition) is 2. The quantitative estimate of drug-likeness (QED) is 0.905. The van der Waals surface area contributed by atoms with Gasteiger partial charge in [0.15, 0.2) is 0 Å². The highest BCUT2D eigenvalue weighted by Gasteiger charge is 2.27. The summed E-state index contributed by atoms with van der Waals surface area (Å²) in [6.45, 7) is 2.20. The van der Waals surface area contributed by atoms with Crippen LogP contribution in [0, 0.1) is 5.92 Å². The van der Waals surface area contributed by atoms with Crippen molar-refractivity contribution in [2.75, 3.05) is 5.73 Å². The van der Waals surface area contributed by atoms with Crippen molar-refractivity contribution in [2.45, 2.75) is 38.6 Å². The Kier molecular flexibility index (Phi) is 2.94. The maximum absolute atomic E-state index is 6.31. The van der Waals surface area contributed by atoms with Gasteiger partial charge in [0.05, 0.1) is 16.1 Å². The average Bonchev–Trinajstić information content (AvgIpc) is 3.09. The number of nitrogens with zero attached hydrogens (tertiary/aromatic N) is 2. The summed E-state index contributed by atoms with van der Waals surface area (Å²) in [4.78, 5) is 4.43. The predicted molar refractivity (Wildman–Crippen MR) is 75.8 cm³/mol. The number of halogens is 1. The van der Waals surface area contributed by atoms with Crippen molar-refractivity contribution in [3.05, 3.63) is 23.2 Å². The standard InChI is InChI=1S/C14H18ClN3/c1-2-10(8-9-6-7-9)18-13-11(15)4-3-5-12(13)17-14(18)16/h3-5,9-10H,2,6-8H2,1H3,(H2,16,17). The third-order valence-corrected chi connectivity index (χ3v) is 4.13. The molecule has 3 rings (SSSR count). The van der Waals surface area contributed by atoms with Crippen LogP contribution in [0.2, 0.25) is 5.02 Å². The van der Waals surface area contributed by atoms with Gasteiger partial charge in [-0.15, -0.1) is 0 Å². The Hall–Kier alpha value is -1.22. The van der Waals surface area contributed by atoms with Gasteiger partial charge in [0.25, 0.3) is 0 Å². The van der Waals surface area contributed by atoms with Crippen LogP contribution in [0.3, 0.4) is 0 Å². The van der Waals surface area contributed by atoms with E-state index in [1.807, 2.05) is 18.2 Å². The van der Waals surface area contributed by atoms with Gasteiger partial charge in [-0.05, 0) is 30.9 Å². The van der Waals surface area contributed by atoms with E-state index in [1.165, 1.54) is 19.3 Å². The molecule has 96 valence electrons. The monoisotopic (exact) mass is 263 g/mol. The third-order valence-electron chi connectivity index (χ3n) is 3.83. The van der Waals surface area contributed by atoms with Crippen LogP contribution in [-0.4, -0.2) is 9.55 Å². The van der Waals surface area contributed by atoms with Gasteiger partial charge in [-0.3, -0.25) is 0 Å². The van der Waals surface area contributed by atoms with Gasteiger partial charge in [0.2, 0.25) is 5.95 Å². The van der Waals surface area contributed by atoms with E-state index in [2.05, 4.69) is 16.5 Å². The summed E-state index contributed by atoms with van der Waals surface area (Å²) in [6.07, 6.45) is 4.97. The van der Waals surface area contributed by atoms with Gasteiger partial charge in [-0.25, -0.2) is 4.98 Å². The first-order valence-corrected chi connectivity index (χ1v) is 7.00. The van der Waals surface area contributed by atoms with Crippen molar-refractivity contribution >= 4 is 28.6 Å². The normalized spacial score (nSPS) is 17.2. The second kappa shape index (κ2) is 4.47. The summed E-state index contributed by atoms with van der Waals surface area (Å²) in [6, 6.07) is 6.22. The minimum absolute atomic E-state index is 0.419. The number of aromatic nitrogens is 2. The van der Waals surface area contributed by atoms with Gasteiger partial charge >= 0.3 is 0 Å². The van der Waals surface area contributed by atoms with E-state index in [9.17, 15) is 0 Å². The first-order chi connectivity index (χ1) is 8.70. The van der Waals surface area contributed by atoms with Crippen LogP contribution < -0.4 is 5.73 Å². The van der Waals surface area contributed by atoms with E-state index in [-0.39, 0.29) is 0 Å². The first-order valence-electron chi connectivity index (χ1n) is 6.62. The Morgan fingerprint density at radius 2 is 2.28 bits per heavy atom. The molecule has 2 aromatic rings. The molecule has 0 amide bonds. The number of fused-ring (bicyclic) bond motifs is 1. The Morgan fingerprint density at radius 3 is 2.94 bits per heavy atom. The summed E-state index contributed by atoms with van der Waals surface area (Å²) < 4.78 is 2.13. The molecule has 1 saturated carbocycles. The van der Waals surface area contributed by atoms with Gasteiger partial charge < -0.3 is 10.3 Å². The lowest BCUT2D eigenvalue weighted by molar-refractivity contribution is 0.442. The summed E-state index contributed by atoms with van der Waals surface area (Å²) in [5.74, 6) is 1.46. The smallest absolute Gasteiger partial charge is 0.201 e. The maximum atomic E-state index is 6.31. The zero-order valence-corrected chi connectivity index (χ0v) is 11.3. The largest absolute Gasteiger partial charge is 0.369 e. The molecule has 18 heavy (non-hydrogen) atoms. The van der Waals surface area contributed by atoms with Crippen molar-refractivity contribution < 1.29 is 0 Å². The van der Waals surface area contributed by atoms with Crippen molar-refractivity contribution in [3.8, 4) is 0 Å². The Labute approximate surface area is 112 Å². The fourth-order valence-corrected chi connectivity index (χ4v) is 2.95. The molecule has 1 aromatic carbocycles. The van der Waals surface area contributed by atoms with Crippen LogP contribution in [0.15, 0.2) is 18.2 Å². The molecule has 1 aromatic heterocycles. The van der Waals surface area contributed by atoms with E-state index in [0.717, 1.165) is 28.4 Å². The van der Waals surface area contributed by atoms with Gasteiger partial charge in [-0.1, -0.05) is 37.4 Å². The van der Waals surface area contributed by atoms with Crippen molar-refractivity contribution in [1.29, 1.82) is 0 Å². The number of para-hydroxylation sites is 1. The molecule has 4 heteroatoms. The summed E-state index contributed by atoms with van der Waals surface area (Å²) in [7, 11) is 0. The van der Waals surface area contributed by atoms with E-state index >= 15 is 0 Å². The summed E-state index contributed by atoms with van der Waals surface area (Å²) in [5, 5.41) is 0.742. The predicted octanol–water partition coefficient (Wildman–Crippen LogP) is 4.02. The molecule has 2 N–H and O–H groups in total. The fraction of sp³-hybridized carbons (Fsp3) is 0.500. The lowest BCUT2D eigenvalue weighted by Crippen LogP contribution is -2.12. The lowest BCUT2D eigenvalue weighted by Gasteiger charge is -2.19. The molecule has 1 unspecified atom stereocenters. The SMILES string of the molecule is CCC(CC1CC1)n1c(N)nc2cccc(Cl)c21. The second-order valence-corrected chi connectivity index (χ2v) is 5.60. The number of imidazole rings is 1. The van der Waals surface area contributed by atoms with Crippen molar-refractivity contribution in [3.63, 3.8) is 0 Å². The minimum atomic E-state index is 0.419. The number of benzene rings is 1. The van der Waals surface area contributed by atoms with Crippen LogP contribution in [0.25, 0.3) is 11.0 Å². The molecule has 1 atom stereocenters. The average molecular weight is 264 g/mol. The van der Waals surface area contributed by atoms with Gasteiger partial charge in [0, 0.05) is 6.04 Å². The van der Waals surface area contributed by atoms with Crippen LogP contribution in [0.4, 0.5) is 5.95 Å². The molecule has 1 heterocycles. The van der Waals surface area contributed by atoms with Crippen LogP contribution in [-0.2, 0) is 0 Å². The second-order valence-electron chi connectivity index (χ2n) is 5.19. The van der Waals surface area contributed by atoms with Crippen LogP contribution >= 0.6 is 11.6 Å². The molecule has 0 aliphatic heterocycles. The molecule has 0 saturated heterocycles. The Bertz CT molecular complexity index is 572. The van der Waals surface area contributed by atoms with E-state index in [1.54, 1.807) is 0 Å².